The first-order valence-electron chi connectivity index (χ1n) is 12.2. The molecule has 1 aliphatic heterocycles. The molecule has 0 bridgehead atoms. The minimum Gasteiger partial charge on any atom is -0.364 e. The van der Waals surface area contributed by atoms with E-state index in [4.69, 9.17) is 5.73 Å². The van der Waals surface area contributed by atoms with E-state index in [9.17, 15) is 9.59 Å². The van der Waals surface area contributed by atoms with E-state index in [2.05, 4.69) is 37.7 Å². The van der Waals surface area contributed by atoms with Crippen molar-refractivity contribution >= 4 is 29.1 Å². The molecule has 1 aliphatic carbocycles. The smallest absolute Gasteiger partial charge is 0.273 e. The maximum Gasteiger partial charge on any atom is 0.273 e. The molecule has 10 nitrogen and oxygen atoms in total. The molecule has 2 aliphatic rings. The quantitative estimate of drug-likeness (QED) is 0.452. The minimum absolute atomic E-state index is 0.0311. The Morgan fingerprint density at radius 3 is 2.63 bits per heavy atom. The average Bonchev–Trinajstić information content (AvgIpc) is 3.63. The molecule has 0 radical (unpaired) electrons. The number of nitrogens with one attached hydrogen (secondary N) is 1. The van der Waals surface area contributed by atoms with Gasteiger partial charge in [-0.05, 0) is 50.0 Å². The van der Waals surface area contributed by atoms with E-state index in [0.29, 0.717) is 30.5 Å². The molecule has 1 atom stereocenters. The summed E-state index contributed by atoms with van der Waals surface area (Å²) >= 11 is 0. The van der Waals surface area contributed by atoms with Gasteiger partial charge >= 0.3 is 0 Å². The molecule has 10 heteroatoms. The highest BCUT2D eigenvalue weighted by Gasteiger charge is 2.27. The van der Waals surface area contributed by atoms with Crippen LogP contribution in [0.1, 0.15) is 71.4 Å². The predicted molar refractivity (Wildman–Crippen MR) is 132 cm³/mol. The topological polar surface area (TPSA) is 132 Å². The zero-order valence-corrected chi connectivity index (χ0v) is 19.9. The van der Waals surface area contributed by atoms with Gasteiger partial charge in [-0.15, -0.1) is 10.2 Å². The lowest BCUT2D eigenvalue weighted by Crippen LogP contribution is -2.38. The van der Waals surface area contributed by atoms with E-state index in [1.165, 1.54) is 18.4 Å². The summed E-state index contributed by atoms with van der Waals surface area (Å²) in [5, 5.41) is 15.5. The number of carbonyl (C=O) groups is 2. The van der Waals surface area contributed by atoms with Crippen molar-refractivity contribution < 1.29 is 9.59 Å². The molecule has 3 aromatic rings. The normalized spacial score (nSPS) is 17.9. The van der Waals surface area contributed by atoms with Crippen molar-refractivity contribution in [3.63, 3.8) is 0 Å². The van der Waals surface area contributed by atoms with Crippen LogP contribution in [0.15, 0.2) is 36.7 Å². The molecule has 1 amide bonds. The van der Waals surface area contributed by atoms with Gasteiger partial charge in [0, 0.05) is 37.8 Å². The van der Waals surface area contributed by atoms with E-state index in [1.807, 2.05) is 30.2 Å². The number of Topliss-reactive ketones (excluding diaryl/α,β-unsaturated/α-hetero) is 1. The molecule has 1 saturated carbocycles. The zero-order chi connectivity index (χ0) is 24.4. The van der Waals surface area contributed by atoms with Gasteiger partial charge in [0.05, 0.1) is 11.9 Å². The van der Waals surface area contributed by atoms with Gasteiger partial charge in [-0.2, -0.15) is 10.1 Å². The third kappa shape index (κ3) is 5.31. The van der Waals surface area contributed by atoms with Crippen molar-refractivity contribution in [2.45, 2.75) is 51.5 Å². The monoisotopic (exact) mass is 474 g/mol. The Kier molecular flexibility index (Phi) is 6.43. The van der Waals surface area contributed by atoms with Crippen molar-refractivity contribution in [2.75, 3.05) is 23.3 Å². The first kappa shape index (κ1) is 22.9. The number of ketones is 1. The number of rotatable bonds is 9. The number of piperidine rings is 1. The van der Waals surface area contributed by atoms with E-state index < -0.39 is 5.91 Å². The Bertz CT molecular complexity index is 1220. The lowest BCUT2D eigenvalue weighted by Gasteiger charge is -2.32. The van der Waals surface area contributed by atoms with Crippen molar-refractivity contribution in [2.24, 2.45) is 11.7 Å². The lowest BCUT2D eigenvalue weighted by molar-refractivity contribution is 0.0954. The van der Waals surface area contributed by atoms with Gasteiger partial charge in [-0.3, -0.25) is 14.3 Å². The van der Waals surface area contributed by atoms with E-state index >= 15 is 0 Å². The van der Waals surface area contributed by atoms with Crippen LogP contribution in [-0.2, 0) is 6.54 Å². The molecular weight excluding hydrogens is 444 g/mol. The summed E-state index contributed by atoms with van der Waals surface area (Å²) in [5.41, 5.74) is 8.25. The number of benzene rings is 1. The van der Waals surface area contributed by atoms with Crippen molar-refractivity contribution in [1.82, 2.24) is 25.0 Å². The van der Waals surface area contributed by atoms with Crippen LogP contribution >= 0.6 is 0 Å². The number of primary amides is 1. The van der Waals surface area contributed by atoms with Crippen LogP contribution in [0.3, 0.4) is 0 Å². The number of nitrogens with two attached hydrogens (primary N) is 1. The van der Waals surface area contributed by atoms with E-state index in [1.54, 1.807) is 10.9 Å². The first-order chi connectivity index (χ1) is 17.0. The Balaban J connectivity index is 1.28. The number of aromatic nitrogens is 5. The standard InChI is InChI=1S/C25H30N8O2/c1-2-33-15-20(13-27-33)28-24-22(23(26)35)30-31-25(29-24)32-11-3-4-16(14-32)12-21(34)19-9-7-18(8-10-19)17-5-6-17/h7-10,13,15-17H,2-6,11-12,14H2,1H3,(H2,26,35)(H,28,29,31). The van der Waals surface area contributed by atoms with Crippen LogP contribution in [0.5, 0.6) is 0 Å². The second-order valence-electron chi connectivity index (χ2n) is 9.36. The zero-order valence-electron chi connectivity index (χ0n) is 19.9. The highest BCUT2D eigenvalue weighted by Crippen LogP contribution is 2.40. The molecular formula is C25H30N8O2. The van der Waals surface area contributed by atoms with Crippen molar-refractivity contribution in [3.8, 4) is 0 Å². The number of nitrogens with zero attached hydrogens (tertiary/aromatic N) is 6. The van der Waals surface area contributed by atoms with Gasteiger partial charge in [-0.1, -0.05) is 24.3 Å². The predicted octanol–water partition coefficient (Wildman–Crippen LogP) is 3.30. The average molecular weight is 475 g/mol. The Morgan fingerprint density at radius 1 is 1.14 bits per heavy atom. The van der Waals surface area contributed by atoms with E-state index in [0.717, 1.165) is 31.5 Å². The number of hydrogen-bond donors (Lipinski definition) is 2. The molecule has 0 spiro atoms. The molecule has 1 unspecified atom stereocenters. The first-order valence-corrected chi connectivity index (χ1v) is 12.2. The number of aryl methyl sites for hydroxylation is 1. The highest BCUT2D eigenvalue weighted by molar-refractivity contribution is 5.96. The molecule has 182 valence electrons. The number of carbonyl (C=O) groups excluding carboxylic acids is 2. The Morgan fingerprint density at radius 2 is 1.94 bits per heavy atom. The molecule has 2 fully saturated rings. The van der Waals surface area contributed by atoms with Crippen molar-refractivity contribution in [3.05, 3.63) is 53.5 Å². The molecule has 1 saturated heterocycles. The third-order valence-electron chi connectivity index (χ3n) is 6.69. The van der Waals surface area contributed by atoms with Gasteiger partial charge in [0.15, 0.2) is 17.3 Å². The third-order valence-corrected chi connectivity index (χ3v) is 6.69. The van der Waals surface area contributed by atoms with Gasteiger partial charge in [0.25, 0.3) is 5.91 Å². The largest absolute Gasteiger partial charge is 0.364 e. The molecule has 5 rings (SSSR count). The van der Waals surface area contributed by atoms with Crippen LogP contribution in [0.4, 0.5) is 17.5 Å². The molecule has 3 heterocycles. The van der Waals surface area contributed by atoms with Crippen LogP contribution in [0.2, 0.25) is 0 Å². The Hall–Kier alpha value is -3.82. The number of hydrogen-bond acceptors (Lipinski definition) is 8. The van der Waals surface area contributed by atoms with E-state index in [-0.39, 0.29) is 23.2 Å². The molecule has 3 N–H and O–H groups in total. The number of amides is 1. The van der Waals surface area contributed by atoms with Crippen LogP contribution in [0.25, 0.3) is 0 Å². The van der Waals surface area contributed by atoms with Gasteiger partial charge in [0.2, 0.25) is 5.95 Å². The van der Waals surface area contributed by atoms with Crippen LogP contribution in [-0.4, -0.2) is 49.7 Å². The fourth-order valence-electron chi connectivity index (χ4n) is 4.59. The van der Waals surface area contributed by atoms with Crippen LogP contribution < -0.4 is 16.0 Å². The van der Waals surface area contributed by atoms with Crippen molar-refractivity contribution in [1.29, 1.82) is 0 Å². The summed E-state index contributed by atoms with van der Waals surface area (Å²) in [6, 6.07) is 8.11. The molecule has 2 aromatic heterocycles. The summed E-state index contributed by atoms with van der Waals surface area (Å²) < 4.78 is 1.76. The van der Waals surface area contributed by atoms with Gasteiger partial charge in [-0.25, -0.2) is 0 Å². The summed E-state index contributed by atoms with van der Waals surface area (Å²) in [4.78, 5) is 31.4. The lowest BCUT2D eigenvalue weighted by atomic mass is 9.90. The molecule has 1 aromatic carbocycles. The highest BCUT2D eigenvalue weighted by atomic mass is 16.1. The minimum atomic E-state index is -0.711. The number of anilines is 3. The fourth-order valence-corrected chi connectivity index (χ4v) is 4.59. The summed E-state index contributed by atoms with van der Waals surface area (Å²) in [5.74, 6) is 0.980. The summed E-state index contributed by atoms with van der Waals surface area (Å²) in [6.45, 7) is 4.11. The maximum atomic E-state index is 12.9. The van der Waals surface area contributed by atoms with Gasteiger partial charge < -0.3 is 16.0 Å². The fraction of sp³-hybridized carbons (Fsp3) is 0.440. The van der Waals surface area contributed by atoms with Crippen LogP contribution in [0, 0.1) is 5.92 Å². The summed E-state index contributed by atoms with van der Waals surface area (Å²) in [6.07, 6.45) is 8.34. The second kappa shape index (κ2) is 9.81. The molecule has 35 heavy (non-hydrogen) atoms. The maximum absolute atomic E-state index is 12.9. The SMILES string of the molecule is CCn1cc(Nc2nc(N3CCCC(CC(=O)c4ccc(C5CC5)cc4)C3)nnc2C(N)=O)cn1. The Labute approximate surface area is 203 Å². The summed E-state index contributed by atoms with van der Waals surface area (Å²) in [7, 11) is 0. The van der Waals surface area contributed by atoms with Gasteiger partial charge in [0.1, 0.15) is 0 Å². The second-order valence-corrected chi connectivity index (χ2v) is 9.36.